The molecule has 0 saturated carbocycles. The van der Waals surface area contributed by atoms with Crippen LogP contribution in [0.5, 0.6) is 11.5 Å². The van der Waals surface area contributed by atoms with Crippen LogP contribution >= 0.6 is 0 Å². The molecular formula is C44H40N4O6. The van der Waals surface area contributed by atoms with Gasteiger partial charge in [-0.3, -0.25) is 19.4 Å². The van der Waals surface area contributed by atoms with Gasteiger partial charge in [0, 0.05) is 61.8 Å². The van der Waals surface area contributed by atoms with E-state index in [-0.39, 0.29) is 46.2 Å². The molecule has 2 atom stereocenters. The van der Waals surface area contributed by atoms with Gasteiger partial charge >= 0.3 is 0 Å². The third-order valence-corrected chi connectivity index (χ3v) is 10.9. The molecule has 0 aromatic heterocycles. The number of benzene rings is 6. The van der Waals surface area contributed by atoms with Crippen LogP contribution in [0.25, 0.3) is 21.5 Å². The highest BCUT2D eigenvalue weighted by Crippen LogP contribution is 2.43. The summed E-state index contributed by atoms with van der Waals surface area (Å²) in [5.74, 6) is -1.75. The third-order valence-electron chi connectivity index (χ3n) is 10.9. The molecular weight excluding hydrogens is 681 g/mol. The van der Waals surface area contributed by atoms with Gasteiger partial charge in [-0.25, -0.2) is 0 Å². The maximum Gasteiger partial charge on any atom is 0.200 e. The number of nitrogens with one attached hydrogen (secondary N) is 2. The van der Waals surface area contributed by atoms with E-state index >= 15 is 0 Å². The molecule has 6 aromatic rings. The number of fused-ring (bicyclic) bond motifs is 4. The zero-order chi connectivity index (χ0) is 36.8. The number of ketones is 2. The molecule has 54 heavy (non-hydrogen) atoms. The molecule has 6 aromatic carbocycles. The predicted molar refractivity (Wildman–Crippen MR) is 208 cm³/mol. The van der Waals surface area contributed by atoms with Crippen molar-refractivity contribution in [3.05, 3.63) is 143 Å². The number of phenolic OH excluding ortho intramolecular Hbond substituents is 2. The number of phenols is 2. The van der Waals surface area contributed by atoms with Crippen molar-refractivity contribution in [3.8, 4) is 11.5 Å². The number of ether oxygens (including phenoxy) is 2. The second-order valence-electron chi connectivity index (χ2n) is 13.9. The fraction of sp³-hybridized carbons (Fsp3) is 0.227. The second-order valence-corrected chi connectivity index (χ2v) is 13.9. The first kappa shape index (κ1) is 34.0. The first-order valence-corrected chi connectivity index (χ1v) is 18.4. The van der Waals surface area contributed by atoms with Gasteiger partial charge in [0.1, 0.15) is 24.0 Å². The molecule has 2 saturated heterocycles. The van der Waals surface area contributed by atoms with Gasteiger partial charge in [0.2, 0.25) is 11.6 Å². The lowest BCUT2D eigenvalue weighted by Crippen LogP contribution is -2.31. The summed E-state index contributed by atoms with van der Waals surface area (Å²) < 4.78 is 12.4. The standard InChI is InChI=1S/C44H40N4O6/c49-35-17-18-36(50)40-39(35)41(51)37-33(45-19-21-47-23-25-53-43(47)31-13-5-9-27-7-1-3-11-29(27)31)15-16-34(38(37)42(40)52)46-20-22-48-24-26-54-44(48)32-14-6-10-28-8-2-4-12-30(28)32/h1-18,43-46,49-50H,19-26H2. The molecule has 0 amide bonds. The van der Waals surface area contributed by atoms with Crippen molar-refractivity contribution in [2.24, 2.45) is 0 Å². The number of rotatable bonds is 10. The zero-order valence-electron chi connectivity index (χ0n) is 29.6. The highest BCUT2D eigenvalue weighted by molar-refractivity contribution is 6.33. The molecule has 0 radical (unpaired) electrons. The molecule has 2 fully saturated rings. The van der Waals surface area contributed by atoms with Gasteiger partial charge in [0.05, 0.1) is 35.5 Å². The van der Waals surface area contributed by atoms with Gasteiger partial charge in [0.15, 0.2) is 0 Å². The minimum Gasteiger partial charge on any atom is -0.507 e. The van der Waals surface area contributed by atoms with Crippen LogP contribution in [0, 0.1) is 0 Å². The van der Waals surface area contributed by atoms with E-state index in [4.69, 9.17) is 9.47 Å². The number of hydrogen-bond acceptors (Lipinski definition) is 10. The Kier molecular flexibility index (Phi) is 8.96. The molecule has 0 bridgehead atoms. The van der Waals surface area contributed by atoms with Gasteiger partial charge < -0.3 is 30.3 Å². The monoisotopic (exact) mass is 720 g/mol. The van der Waals surface area contributed by atoms with E-state index in [2.05, 4.69) is 69.0 Å². The molecule has 2 aliphatic heterocycles. The Morgan fingerprint density at radius 2 is 0.963 bits per heavy atom. The predicted octanol–water partition coefficient (Wildman–Crippen LogP) is 7.07. The van der Waals surface area contributed by atoms with Crippen molar-refractivity contribution in [1.82, 2.24) is 9.80 Å². The van der Waals surface area contributed by atoms with Crippen molar-refractivity contribution in [1.29, 1.82) is 0 Å². The lowest BCUT2D eigenvalue weighted by molar-refractivity contribution is 0.0358. The Bertz CT molecular complexity index is 2250. The largest absolute Gasteiger partial charge is 0.507 e. The Balaban J connectivity index is 0.966. The average molecular weight is 721 g/mol. The summed E-state index contributed by atoms with van der Waals surface area (Å²) in [5.41, 5.74) is 3.12. The highest BCUT2D eigenvalue weighted by atomic mass is 16.5. The van der Waals surface area contributed by atoms with Gasteiger partial charge in [-0.05, 0) is 45.8 Å². The van der Waals surface area contributed by atoms with E-state index in [1.54, 1.807) is 12.1 Å². The van der Waals surface area contributed by atoms with Crippen molar-refractivity contribution >= 4 is 44.5 Å². The minimum atomic E-state index is -0.527. The lowest BCUT2D eigenvalue weighted by atomic mass is 9.81. The Labute approximate surface area is 312 Å². The summed E-state index contributed by atoms with van der Waals surface area (Å²) in [5, 5.41) is 33.0. The van der Waals surface area contributed by atoms with E-state index in [9.17, 15) is 19.8 Å². The van der Waals surface area contributed by atoms with Gasteiger partial charge in [0.25, 0.3) is 0 Å². The van der Waals surface area contributed by atoms with E-state index in [1.165, 1.54) is 12.1 Å². The van der Waals surface area contributed by atoms with E-state index in [0.29, 0.717) is 50.8 Å². The average Bonchev–Trinajstić information content (AvgIpc) is 3.87. The van der Waals surface area contributed by atoms with Crippen LogP contribution < -0.4 is 10.6 Å². The fourth-order valence-corrected chi connectivity index (χ4v) is 8.30. The van der Waals surface area contributed by atoms with Crippen LogP contribution in [0.2, 0.25) is 0 Å². The topological polar surface area (TPSA) is 124 Å². The molecule has 10 heteroatoms. The molecule has 0 spiro atoms. The van der Waals surface area contributed by atoms with Crippen molar-refractivity contribution in [3.63, 3.8) is 0 Å². The van der Waals surface area contributed by atoms with Crippen molar-refractivity contribution < 1.29 is 29.3 Å². The quantitative estimate of drug-likeness (QED) is 0.109. The summed E-state index contributed by atoms with van der Waals surface area (Å²) in [6.45, 7) is 4.86. The van der Waals surface area contributed by atoms with Crippen LogP contribution in [0.1, 0.15) is 55.4 Å². The highest BCUT2D eigenvalue weighted by Gasteiger charge is 2.38. The minimum absolute atomic E-state index is 0.166. The van der Waals surface area contributed by atoms with Crippen LogP contribution in [-0.4, -0.2) is 84.1 Å². The van der Waals surface area contributed by atoms with Gasteiger partial charge in [-0.1, -0.05) is 84.9 Å². The Morgan fingerprint density at radius 3 is 1.43 bits per heavy atom. The van der Waals surface area contributed by atoms with Crippen LogP contribution in [0.4, 0.5) is 11.4 Å². The second kappa shape index (κ2) is 14.2. The maximum atomic E-state index is 14.2. The summed E-state index contributed by atoms with van der Waals surface area (Å²) in [4.78, 5) is 33.0. The Morgan fingerprint density at radius 1 is 0.537 bits per heavy atom. The summed E-state index contributed by atoms with van der Waals surface area (Å²) in [7, 11) is 0. The van der Waals surface area contributed by atoms with E-state index < -0.39 is 11.6 Å². The number of anilines is 2. The van der Waals surface area contributed by atoms with E-state index in [1.807, 2.05) is 36.4 Å². The number of aromatic hydroxyl groups is 2. The summed E-state index contributed by atoms with van der Waals surface area (Å²) in [6.07, 6.45) is -0.427. The smallest absolute Gasteiger partial charge is 0.200 e. The number of carbonyl (C=O) groups is 2. The van der Waals surface area contributed by atoms with Crippen LogP contribution in [0.15, 0.2) is 109 Å². The normalized spacial score (nSPS) is 18.7. The van der Waals surface area contributed by atoms with Gasteiger partial charge in [-0.2, -0.15) is 0 Å². The number of nitrogens with zero attached hydrogens (tertiary/aromatic N) is 2. The first-order chi connectivity index (χ1) is 26.5. The molecule has 272 valence electrons. The maximum absolute atomic E-state index is 14.2. The number of hydrogen-bond donors (Lipinski definition) is 4. The molecule has 1 aliphatic carbocycles. The van der Waals surface area contributed by atoms with Gasteiger partial charge in [-0.15, -0.1) is 0 Å². The van der Waals surface area contributed by atoms with Crippen molar-refractivity contribution in [2.75, 3.05) is 63.1 Å². The molecule has 10 nitrogen and oxygen atoms in total. The number of carbonyl (C=O) groups excluding carboxylic acids is 2. The molecule has 4 N–H and O–H groups in total. The van der Waals surface area contributed by atoms with E-state index in [0.717, 1.165) is 45.8 Å². The molecule has 2 heterocycles. The Hall–Kier alpha value is -5.78. The lowest BCUT2D eigenvalue weighted by Gasteiger charge is -2.27. The molecule has 2 unspecified atom stereocenters. The third kappa shape index (κ3) is 5.93. The fourth-order valence-electron chi connectivity index (χ4n) is 8.30. The molecule has 3 aliphatic rings. The molecule has 9 rings (SSSR count). The van der Waals surface area contributed by atoms with Crippen LogP contribution in [-0.2, 0) is 9.47 Å². The summed E-state index contributed by atoms with van der Waals surface area (Å²) >= 11 is 0. The first-order valence-electron chi connectivity index (χ1n) is 18.4. The zero-order valence-corrected chi connectivity index (χ0v) is 29.6. The van der Waals surface area contributed by atoms with Crippen molar-refractivity contribution in [2.45, 2.75) is 12.5 Å². The van der Waals surface area contributed by atoms with Crippen LogP contribution in [0.3, 0.4) is 0 Å². The SMILES string of the molecule is O=C1c2c(O)ccc(O)c2C(=O)c2c(NCCN3CCOC3c3cccc4ccccc34)ccc(NCCN3CCOC3c3cccc4ccccc34)c21. The summed E-state index contributed by atoms with van der Waals surface area (Å²) in [6, 6.07) is 35.1.